The van der Waals surface area contributed by atoms with Gasteiger partial charge in [-0.1, -0.05) is 6.07 Å². The Kier molecular flexibility index (Phi) is 5.59. The molecule has 1 aliphatic rings. The second-order valence-corrected chi connectivity index (χ2v) is 9.40. The number of aromatic nitrogens is 3. The van der Waals surface area contributed by atoms with E-state index in [1.165, 1.54) is 20.5 Å². The molecular weight excluding hydrogens is 440 g/mol. The number of aryl methyl sites for hydroxylation is 2. The normalized spacial score (nSPS) is 16.0. The molecule has 0 saturated carbocycles. The summed E-state index contributed by atoms with van der Waals surface area (Å²) in [5.41, 5.74) is 2.44. The maximum Gasteiger partial charge on any atom is 0.332 e. The summed E-state index contributed by atoms with van der Waals surface area (Å²) in [6.07, 6.45) is 3.17. The van der Waals surface area contributed by atoms with E-state index in [0.717, 1.165) is 24.0 Å². The van der Waals surface area contributed by atoms with E-state index in [2.05, 4.69) is 10.3 Å². The van der Waals surface area contributed by atoms with Crippen molar-refractivity contribution in [3.63, 3.8) is 0 Å². The number of fused-ring (bicyclic) bond motifs is 3. The summed E-state index contributed by atoms with van der Waals surface area (Å²) in [7, 11) is 0. The monoisotopic (exact) mass is 464 g/mol. The lowest BCUT2D eigenvalue weighted by Gasteiger charge is -2.15. The molecule has 1 aromatic carbocycles. The first kappa shape index (κ1) is 21.5. The summed E-state index contributed by atoms with van der Waals surface area (Å²) >= 11 is 1.24. The highest BCUT2D eigenvalue weighted by atomic mass is 32.1. The molecule has 4 aromatic rings. The Labute approximate surface area is 193 Å². The summed E-state index contributed by atoms with van der Waals surface area (Å²) in [5.74, 6) is -0.341. The zero-order valence-electron chi connectivity index (χ0n) is 18.5. The fourth-order valence-electron chi connectivity index (χ4n) is 4.25. The number of thiophene rings is 1. The zero-order chi connectivity index (χ0) is 23.1. The van der Waals surface area contributed by atoms with Crippen LogP contribution in [0.5, 0.6) is 0 Å². The van der Waals surface area contributed by atoms with Gasteiger partial charge in [0, 0.05) is 23.9 Å². The predicted molar refractivity (Wildman–Crippen MR) is 129 cm³/mol. The molecule has 170 valence electrons. The Morgan fingerprint density at radius 3 is 2.82 bits per heavy atom. The Hall–Kier alpha value is -3.30. The van der Waals surface area contributed by atoms with Crippen molar-refractivity contribution in [1.82, 2.24) is 14.1 Å². The van der Waals surface area contributed by atoms with Crippen LogP contribution in [0, 0.1) is 13.8 Å². The molecule has 1 aliphatic heterocycles. The zero-order valence-corrected chi connectivity index (χ0v) is 19.3. The van der Waals surface area contributed by atoms with Crippen LogP contribution in [0.1, 0.15) is 24.0 Å². The summed E-state index contributed by atoms with van der Waals surface area (Å²) in [4.78, 5) is 44.8. The summed E-state index contributed by atoms with van der Waals surface area (Å²) in [6.45, 7) is 4.57. The number of ether oxygens (including phenoxy) is 1. The number of carbonyl (C=O) groups excluding carboxylic acids is 1. The smallest absolute Gasteiger partial charge is 0.332 e. The van der Waals surface area contributed by atoms with E-state index in [0.29, 0.717) is 32.7 Å². The lowest BCUT2D eigenvalue weighted by molar-refractivity contribution is -0.116. The van der Waals surface area contributed by atoms with Gasteiger partial charge < -0.3 is 10.1 Å². The van der Waals surface area contributed by atoms with Crippen LogP contribution in [-0.2, 0) is 22.6 Å². The summed E-state index contributed by atoms with van der Waals surface area (Å²) in [6, 6.07) is 9.25. The van der Waals surface area contributed by atoms with E-state index in [1.54, 1.807) is 12.3 Å². The Bertz CT molecular complexity index is 1490. The molecule has 0 aliphatic carbocycles. The molecule has 1 amide bonds. The molecular formula is C24H24N4O4S. The van der Waals surface area contributed by atoms with Gasteiger partial charge in [0.05, 0.1) is 18.2 Å². The van der Waals surface area contributed by atoms with Crippen molar-refractivity contribution in [3.8, 4) is 0 Å². The number of benzene rings is 1. The average molecular weight is 465 g/mol. The molecule has 1 fully saturated rings. The number of carbonyl (C=O) groups is 1. The van der Waals surface area contributed by atoms with Crippen molar-refractivity contribution in [2.75, 3.05) is 11.9 Å². The Balaban J connectivity index is 1.60. The third-order valence-corrected chi connectivity index (χ3v) is 7.20. The second-order valence-electron chi connectivity index (χ2n) is 8.40. The molecule has 0 spiro atoms. The van der Waals surface area contributed by atoms with Crippen LogP contribution in [0.3, 0.4) is 0 Å². The topological polar surface area (TPSA) is 95.2 Å². The number of nitrogens with one attached hydrogen (secondary N) is 1. The molecule has 1 N–H and O–H groups in total. The van der Waals surface area contributed by atoms with Crippen molar-refractivity contribution in [1.29, 1.82) is 0 Å². The third kappa shape index (κ3) is 3.98. The second kappa shape index (κ2) is 8.57. The minimum Gasteiger partial charge on any atom is -0.376 e. The fourth-order valence-corrected chi connectivity index (χ4v) is 5.34. The number of anilines is 1. The maximum atomic E-state index is 13.5. The van der Waals surface area contributed by atoms with E-state index in [4.69, 9.17) is 4.74 Å². The number of amides is 1. The number of hydrogen-bond acceptors (Lipinski definition) is 6. The van der Waals surface area contributed by atoms with Gasteiger partial charge in [0.25, 0.3) is 5.56 Å². The molecule has 0 unspecified atom stereocenters. The maximum absolute atomic E-state index is 13.5. The first-order chi connectivity index (χ1) is 15.9. The van der Waals surface area contributed by atoms with E-state index in [1.807, 2.05) is 38.1 Å². The predicted octanol–water partition coefficient (Wildman–Crippen LogP) is 3.21. The van der Waals surface area contributed by atoms with Crippen molar-refractivity contribution in [2.45, 2.75) is 45.9 Å². The number of pyridine rings is 1. The lowest BCUT2D eigenvalue weighted by atomic mass is 10.1. The fraction of sp³-hybridized carbons (Fsp3) is 0.333. The van der Waals surface area contributed by atoms with E-state index >= 15 is 0 Å². The van der Waals surface area contributed by atoms with Crippen LogP contribution in [0.2, 0.25) is 0 Å². The summed E-state index contributed by atoms with van der Waals surface area (Å²) < 4.78 is 8.68. The molecule has 1 saturated heterocycles. The van der Waals surface area contributed by atoms with Crippen LogP contribution in [0.4, 0.5) is 5.69 Å². The van der Waals surface area contributed by atoms with Crippen molar-refractivity contribution >= 4 is 43.4 Å². The third-order valence-electron chi connectivity index (χ3n) is 6.11. The van der Waals surface area contributed by atoms with Gasteiger partial charge >= 0.3 is 5.69 Å². The molecule has 0 bridgehead atoms. The average Bonchev–Trinajstić information content (AvgIpc) is 3.45. The minimum absolute atomic E-state index is 0.175. The molecule has 5 rings (SSSR count). The summed E-state index contributed by atoms with van der Waals surface area (Å²) in [5, 5.41) is 3.56. The molecule has 8 nitrogen and oxygen atoms in total. The highest BCUT2D eigenvalue weighted by Crippen LogP contribution is 2.29. The van der Waals surface area contributed by atoms with Crippen molar-refractivity contribution in [3.05, 3.63) is 68.5 Å². The van der Waals surface area contributed by atoms with Gasteiger partial charge in [-0.25, -0.2) is 9.78 Å². The van der Waals surface area contributed by atoms with Gasteiger partial charge in [-0.05, 0) is 62.1 Å². The quantitative estimate of drug-likeness (QED) is 0.489. The largest absolute Gasteiger partial charge is 0.376 e. The van der Waals surface area contributed by atoms with Gasteiger partial charge in [0.2, 0.25) is 5.91 Å². The highest BCUT2D eigenvalue weighted by molar-refractivity contribution is 7.25. The standard InChI is InChI=1S/C24H24N4O4S/c1-14-7-8-16(11-15(14)2)26-19(29)13-27-20-18-6-3-9-25-22(18)33-21(20)23(30)28(24(27)31)12-17-5-4-10-32-17/h3,6-9,11,17H,4-5,10,12-13H2,1-2H3,(H,26,29)/t17-/m0/s1. The van der Waals surface area contributed by atoms with E-state index in [9.17, 15) is 14.4 Å². The Morgan fingerprint density at radius 2 is 2.06 bits per heavy atom. The minimum atomic E-state index is -0.512. The van der Waals surface area contributed by atoms with Crippen molar-refractivity contribution in [2.24, 2.45) is 0 Å². The first-order valence-corrected chi connectivity index (χ1v) is 11.7. The Morgan fingerprint density at radius 1 is 1.21 bits per heavy atom. The van der Waals surface area contributed by atoms with Gasteiger partial charge in [-0.15, -0.1) is 11.3 Å². The lowest BCUT2D eigenvalue weighted by Crippen LogP contribution is -2.43. The van der Waals surface area contributed by atoms with Gasteiger partial charge in [-0.3, -0.25) is 18.7 Å². The molecule has 9 heteroatoms. The van der Waals surface area contributed by atoms with E-state index in [-0.39, 0.29) is 30.7 Å². The number of hydrogen-bond donors (Lipinski definition) is 1. The van der Waals surface area contributed by atoms with Crippen LogP contribution in [-0.4, -0.2) is 32.7 Å². The van der Waals surface area contributed by atoms with Crippen LogP contribution in [0.15, 0.2) is 46.1 Å². The molecule has 33 heavy (non-hydrogen) atoms. The van der Waals surface area contributed by atoms with Crippen molar-refractivity contribution < 1.29 is 9.53 Å². The van der Waals surface area contributed by atoms with Gasteiger partial charge in [0.1, 0.15) is 16.1 Å². The number of rotatable bonds is 5. The highest BCUT2D eigenvalue weighted by Gasteiger charge is 2.24. The molecule has 3 aromatic heterocycles. The molecule has 1 atom stereocenters. The van der Waals surface area contributed by atoms with Crippen LogP contribution < -0.4 is 16.6 Å². The van der Waals surface area contributed by atoms with Gasteiger partial charge in [-0.2, -0.15) is 0 Å². The van der Waals surface area contributed by atoms with Crippen LogP contribution in [0.25, 0.3) is 20.4 Å². The molecule has 4 heterocycles. The SMILES string of the molecule is Cc1ccc(NC(=O)Cn2c(=O)n(C[C@@H]3CCCO3)c(=O)c3sc4ncccc4c32)cc1C. The molecule has 0 radical (unpaired) electrons. The van der Waals surface area contributed by atoms with Crippen LogP contribution >= 0.6 is 11.3 Å². The van der Waals surface area contributed by atoms with E-state index < -0.39 is 5.69 Å². The number of nitrogens with zero attached hydrogens (tertiary/aromatic N) is 3. The van der Waals surface area contributed by atoms with Gasteiger partial charge in [0.15, 0.2) is 0 Å². The first-order valence-electron chi connectivity index (χ1n) is 10.9.